The molecule has 1 heterocycles. The highest BCUT2D eigenvalue weighted by atomic mass is 16.5. The number of rotatable bonds is 4. The predicted octanol–water partition coefficient (Wildman–Crippen LogP) is 2.11. The number of fused-ring (bicyclic) bond motifs is 1. The van der Waals surface area contributed by atoms with Gasteiger partial charge in [-0.2, -0.15) is 0 Å². The van der Waals surface area contributed by atoms with Crippen LogP contribution >= 0.6 is 0 Å². The number of nitrogens with zero attached hydrogens (tertiary/aromatic N) is 1. The Hall–Kier alpha value is -1.48. The Kier molecular flexibility index (Phi) is 2.92. The minimum atomic E-state index is 0.725. The summed E-state index contributed by atoms with van der Waals surface area (Å²) >= 11 is 0. The van der Waals surface area contributed by atoms with Crippen molar-refractivity contribution in [2.24, 2.45) is 0 Å². The molecule has 0 aliphatic heterocycles. The molecule has 0 saturated heterocycles. The van der Waals surface area contributed by atoms with Crippen molar-refractivity contribution in [2.75, 3.05) is 27.2 Å². The zero-order valence-electron chi connectivity index (χ0n) is 9.16. The average Bonchev–Trinajstić information content (AvgIpc) is 2.64. The largest absolute Gasteiger partial charge is 0.492 e. The molecule has 0 amide bonds. The van der Waals surface area contributed by atoms with Gasteiger partial charge in [-0.3, -0.25) is 0 Å². The molecule has 0 saturated carbocycles. The summed E-state index contributed by atoms with van der Waals surface area (Å²) in [7, 11) is 4.08. The van der Waals surface area contributed by atoms with Gasteiger partial charge in [-0.15, -0.1) is 0 Å². The van der Waals surface area contributed by atoms with Crippen molar-refractivity contribution in [3.8, 4) is 5.75 Å². The monoisotopic (exact) mass is 204 g/mol. The van der Waals surface area contributed by atoms with Gasteiger partial charge in [-0.25, -0.2) is 0 Å². The molecule has 2 aromatic rings. The van der Waals surface area contributed by atoms with Crippen molar-refractivity contribution in [2.45, 2.75) is 0 Å². The molecule has 3 nitrogen and oxygen atoms in total. The van der Waals surface area contributed by atoms with Gasteiger partial charge in [0.1, 0.15) is 12.4 Å². The molecule has 0 fully saturated rings. The van der Waals surface area contributed by atoms with Crippen LogP contribution in [0.25, 0.3) is 10.9 Å². The molecule has 0 bridgehead atoms. The maximum absolute atomic E-state index is 5.64. The number of aromatic amines is 1. The number of hydrogen-bond acceptors (Lipinski definition) is 2. The van der Waals surface area contributed by atoms with Crippen molar-refractivity contribution in [3.05, 3.63) is 30.5 Å². The molecule has 0 spiro atoms. The van der Waals surface area contributed by atoms with E-state index < -0.39 is 0 Å². The van der Waals surface area contributed by atoms with Crippen LogP contribution in [0.2, 0.25) is 0 Å². The lowest BCUT2D eigenvalue weighted by Crippen LogP contribution is -2.19. The van der Waals surface area contributed by atoms with Crippen LogP contribution in [-0.2, 0) is 0 Å². The van der Waals surface area contributed by atoms with Crippen molar-refractivity contribution in [3.63, 3.8) is 0 Å². The van der Waals surface area contributed by atoms with E-state index in [-0.39, 0.29) is 0 Å². The third-order valence-corrected chi connectivity index (χ3v) is 2.33. The van der Waals surface area contributed by atoms with Crippen molar-refractivity contribution in [1.82, 2.24) is 9.88 Å². The lowest BCUT2D eigenvalue weighted by atomic mass is 10.2. The molecule has 2 rings (SSSR count). The van der Waals surface area contributed by atoms with Gasteiger partial charge < -0.3 is 14.6 Å². The van der Waals surface area contributed by atoms with Crippen LogP contribution < -0.4 is 4.74 Å². The van der Waals surface area contributed by atoms with Crippen LogP contribution in [-0.4, -0.2) is 37.1 Å². The van der Waals surface area contributed by atoms with E-state index in [1.165, 1.54) is 5.39 Å². The summed E-state index contributed by atoms with van der Waals surface area (Å²) in [5.74, 6) is 0.934. The first-order valence-electron chi connectivity index (χ1n) is 5.10. The minimum absolute atomic E-state index is 0.725. The molecule has 0 radical (unpaired) electrons. The third kappa shape index (κ3) is 2.50. The van der Waals surface area contributed by atoms with E-state index in [0.717, 1.165) is 24.4 Å². The number of aromatic nitrogens is 1. The Morgan fingerprint density at radius 1 is 1.27 bits per heavy atom. The van der Waals surface area contributed by atoms with E-state index in [1.54, 1.807) is 0 Å². The summed E-state index contributed by atoms with van der Waals surface area (Å²) in [5, 5.41) is 1.19. The highest BCUT2D eigenvalue weighted by Gasteiger charge is 1.98. The fourth-order valence-corrected chi connectivity index (χ4v) is 1.47. The Balaban J connectivity index is 2.02. The molecule has 0 aliphatic carbocycles. The van der Waals surface area contributed by atoms with Crippen LogP contribution in [0, 0.1) is 0 Å². The van der Waals surface area contributed by atoms with Crippen LogP contribution in [0.15, 0.2) is 30.5 Å². The van der Waals surface area contributed by atoms with Crippen LogP contribution in [0.5, 0.6) is 5.75 Å². The lowest BCUT2D eigenvalue weighted by Gasteiger charge is -2.10. The third-order valence-electron chi connectivity index (χ3n) is 2.33. The second-order valence-electron chi connectivity index (χ2n) is 3.88. The first-order valence-corrected chi connectivity index (χ1v) is 5.10. The number of hydrogen-bond donors (Lipinski definition) is 1. The Bertz CT molecular complexity index is 434. The fraction of sp³-hybridized carbons (Fsp3) is 0.333. The summed E-state index contributed by atoms with van der Waals surface area (Å²) in [6.45, 7) is 1.66. The molecule has 1 aromatic heterocycles. The van der Waals surface area contributed by atoms with Crippen molar-refractivity contribution >= 4 is 10.9 Å². The maximum atomic E-state index is 5.64. The predicted molar refractivity (Wildman–Crippen MR) is 62.3 cm³/mol. The van der Waals surface area contributed by atoms with Gasteiger partial charge in [-0.05, 0) is 38.4 Å². The number of likely N-dealkylation sites (N-methyl/N-ethyl adjacent to an activating group) is 1. The van der Waals surface area contributed by atoms with Crippen molar-refractivity contribution < 1.29 is 4.74 Å². The highest BCUT2D eigenvalue weighted by molar-refractivity contribution is 5.80. The molecule has 3 heteroatoms. The second-order valence-corrected chi connectivity index (χ2v) is 3.88. The number of benzene rings is 1. The van der Waals surface area contributed by atoms with Gasteiger partial charge in [-0.1, -0.05) is 0 Å². The Labute approximate surface area is 89.7 Å². The first-order chi connectivity index (χ1) is 7.25. The normalized spacial score (nSPS) is 11.1. The zero-order valence-corrected chi connectivity index (χ0v) is 9.16. The summed E-state index contributed by atoms with van der Waals surface area (Å²) in [6.07, 6.45) is 1.94. The van der Waals surface area contributed by atoms with Crippen LogP contribution in [0.1, 0.15) is 0 Å². The molecule has 15 heavy (non-hydrogen) atoms. The van der Waals surface area contributed by atoms with E-state index in [1.807, 2.05) is 38.5 Å². The fourth-order valence-electron chi connectivity index (χ4n) is 1.47. The van der Waals surface area contributed by atoms with E-state index in [9.17, 15) is 0 Å². The molecule has 1 N–H and O–H groups in total. The lowest BCUT2D eigenvalue weighted by molar-refractivity contribution is 0.261. The van der Waals surface area contributed by atoms with Gasteiger partial charge in [0.15, 0.2) is 0 Å². The van der Waals surface area contributed by atoms with Crippen molar-refractivity contribution in [1.29, 1.82) is 0 Å². The quantitative estimate of drug-likeness (QED) is 0.826. The zero-order chi connectivity index (χ0) is 10.7. The SMILES string of the molecule is CN(C)CCOc1ccc2[nH]ccc2c1. The van der Waals surface area contributed by atoms with Gasteiger partial charge in [0.25, 0.3) is 0 Å². The van der Waals surface area contributed by atoms with Gasteiger partial charge >= 0.3 is 0 Å². The van der Waals surface area contributed by atoms with Gasteiger partial charge in [0.2, 0.25) is 0 Å². The maximum Gasteiger partial charge on any atom is 0.120 e. The van der Waals surface area contributed by atoms with Gasteiger partial charge in [0, 0.05) is 23.6 Å². The van der Waals surface area contributed by atoms with Crippen LogP contribution in [0.4, 0.5) is 0 Å². The molecule has 1 aromatic carbocycles. The molecule has 0 atom stereocenters. The Morgan fingerprint density at radius 3 is 2.93 bits per heavy atom. The van der Waals surface area contributed by atoms with E-state index in [0.29, 0.717) is 0 Å². The Morgan fingerprint density at radius 2 is 2.13 bits per heavy atom. The molecular weight excluding hydrogens is 188 g/mol. The average molecular weight is 204 g/mol. The second kappa shape index (κ2) is 4.36. The number of ether oxygens (including phenoxy) is 1. The number of H-pyrrole nitrogens is 1. The highest BCUT2D eigenvalue weighted by Crippen LogP contribution is 2.19. The van der Waals surface area contributed by atoms with Gasteiger partial charge in [0.05, 0.1) is 0 Å². The number of nitrogens with one attached hydrogen (secondary N) is 1. The first kappa shape index (κ1) is 10.1. The summed E-state index contributed by atoms with van der Waals surface area (Å²) in [6, 6.07) is 8.14. The minimum Gasteiger partial charge on any atom is -0.492 e. The molecule has 0 aliphatic rings. The van der Waals surface area contributed by atoms with E-state index in [2.05, 4.69) is 16.0 Å². The summed E-state index contributed by atoms with van der Waals surface area (Å²) in [5.41, 5.74) is 1.15. The summed E-state index contributed by atoms with van der Waals surface area (Å²) < 4.78 is 5.64. The standard InChI is InChI=1S/C12H16N2O/c1-14(2)7-8-15-11-3-4-12-10(9-11)5-6-13-12/h3-6,9,13H,7-8H2,1-2H3. The van der Waals surface area contributed by atoms with E-state index in [4.69, 9.17) is 4.74 Å². The topological polar surface area (TPSA) is 28.3 Å². The molecule has 0 unspecified atom stereocenters. The van der Waals surface area contributed by atoms with Crippen LogP contribution in [0.3, 0.4) is 0 Å². The molecular formula is C12H16N2O. The molecule has 80 valence electrons. The summed E-state index contributed by atoms with van der Waals surface area (Å²) in [4.78, 5) is 5.26. The smallest absolute Gasteiger partial charge is 0.120 e. The van der Waals surface area contributed by atoms with E-state index >= 15 is 0 Å².